The van der Waals surface area contributed by atoms with E-state index in [1.54, 1.807) is 25.1 Å². The van der Waals surface area contributed by atoms with Gasteiger partial charge in [0.15, 0.2) is 6.61 Å². The Bertz CT molecular complexity index is 1040. The van der Waals surface area contributed by atoms with Crippen LogP contribution in [-0.2, 0) is 9.53 Å². The number of carbonyl (C=O) groups is 3. The molecule has 0 aromatic heterocycles. The van der Waals surface area contributed by atoms with E-state index >= 15 is 0 Å². The molecule has 0 unspecified atom stereocenters. The molecule has 30 heavy (non-hydrogen) atoms. The van der Waals surface area contributed by atoms with Crippen LogP contribution < -0.4 is 4.74 Å². The van der Waals surface area contributed by atoms with Gasteiger partial charge >= 0.3 is 5.97 Å². The third-order valence-corrected chi connectivity index (χ3v) is 4.94. The Morgan fingerprint density at radius 3 is 2.57 bits per heavy atom. The summed E-state index contributed by atoms with van der Waals surface area (Å²) in [6.07, 6.45) is 0.287. The van der Waals surface area contributed by atoms with Gasteiger partial charge in [0.05, 0.1) is 22.7 Å². The highest BCUT2D eigenvalue weighted by Crippen LogP contribution is 2.26. The monoisotopic (exact) mass is 476 g/mol. The molecule has 2 amide bonds. The molecule has 0 bridgehead atoms. The first-order chi connectivity index (χ1) is 14.3. The quantitative estimate of drug-likeness (QED) is 0.188. The Morgan fingerprint density at radius 1 is 1.13 bits per heavy atom. The minimum Gasteiger partial charge on any atom is -0.482 e. The third kappa shape index (κ3) is 4.65. The number of benzene rings is 2. The molecule has 10 heteroatoms. The second-order valence-electron chi connectivity index (χ2n) is 6.52. The molecule has 0 spiro atoms. The molecule has 9 nitrogen and oxygen atoms in total. The van der Waals surface area contributed by atoms with Gasteiger partial charge in [0.25, 0.3) is 17.5 Å². The van der Waals surface area contributed by atoms with Crippen LogP contribution in [0.15, 0.2) is 40.9 Å². The molecule has 0 atom stereocenters. The Hall–Kier alpha value is -3.27. The summed E-state index contributed by atoms with van der Waals surface area (Å²) >= 11 is 3.28. The second kappa shape index (κ2) is 9.04. The molecule has 1 heterocycles. The van der Waals surface area contributed by atoms with E-state index in [4.69, 9.17) is 9.47 Å². The van der Waals surface area contributed by atoms with E-state index < -0.39 is 10.9 Å². The zero-order valence-corrected chi connectivity index (χ0v) is 17.5. The fourth-order valence-corrected chi connectivity index (χ4v) is 3.34. The Kier molecular flexibility index (Phi) is 6.46. The molecule has 0 aliphatic carbocycles. The molecule has 0 saturated carbocycles. The molecule has 1 aliphatic rings. The van der Waals surface area contributed by atoms with E-state index in [0.29, 0.717) is 26.9 Å². The lowest BCUT2D eigenvalue weighted by Gasteiger charge is -2.13. The van der Waals surface area contributed by atoms with E-state index in [1.807, 2.05) is 0 Å². The summed E-state index contributed by atoms with van der Waals surface area (Å²) in [6, 6.07) is 9.06. The number of esters is 1. The first-order valence-corrected chi connectivity index (χ1v) is 9.76. The van der Waals surface area contributed by atoms with Crippen molar-refractivity contribution in [3.05, 3.63) is 67.7 Å². The molecule has 0 saturated heterocycles. The molecule has 0 fully saturated rings. The molecule has 1 aliphatic heterocycles. The number of amides is 2. The van der Waals surface area contributed by atoms with Gasteiger partial charge in [0, 0.05) is 22.6 Å². The molecule has 0 radical (unpaired) electrons. The predicted molar refractivity (Wildman–Crippen MR) is 108 cm³/mol. The number of imide groups is 1. The van der Waals surface area contributed by atoms with Crippen LogP contribution in [-0.4, -0.2) is 47.4 Å². The highest BCUT2D eigenvalue weighted by molar-refractivity contribution is 9.10. The van der Waals surface area contributed by atoms with Crippen LogP contribution in [0, 0.1) is 17.0 Å². The van der Waals surface area contributed by atoms with Gasteiger partial charge in [-0.25, -0.2) is 4.79 Å². The van der Waals surface area contributed by atoms with Gasteiger partial charge in [-0.3, -0.25) is 24.6 Å². The highest BCUT2D eigenvalue weighted by Gasteiger charge is 2.35. The first kappa shape index (κ1) is 21.4. The van der Waals surface area contributed by atoms with Crippen molar-refractivity contribution in [1.29, 1.82) is 0 Å². The van der Waals surface area contributed by atoms with Crippen LogP contribution in [0.4, 0.5) is 5.69 Å². The van der Waals surface area contributed by atoms with Crippen molar-refractivity contribution < 1.29 is 28.8 Å². The van der Waals surface area contributed by atoms with Gasteiger partial charge in [0.2, 0.25) is 0 Å². The third-order valence-electron chi connectivity index (χ3n) is 4.44. The number of hydrogen-bond donors (Lipinski definition) is 0. The smallest absolute Gasteiger partial charge is 0.344 e. The number of aryl methyl sites for hydroxylation is 1. The number of halogens is 1. The van der Waals surface area contributed by atoms with Crippen LogP contribution in [0.2, 0.25) is 0 Å². The normalized spacial score (nSPS) is 12.7. The summed E-state index contributed by atoms with van der Waals surface area (Å²) in [5.74, 6) is -1.06. The van der Waals surface area contributed by atoms with Crippen LogP contribution >= 0.6 is 15.9 Å². The Morgan fingerprint density at radius 2 is 1.87 bits per heavy atom. The minimum absolute atomic E-state index is 0.0125. The van der Waals surface area contributed by atoms with Crippen LogP contribution in [0.1, 0.15) is 32.7 Å². The Labute approximate surface area is 179 Å². The van der Waals surface area contributed by atoms with Gasteiger partial charge in [-0.1, -0.05) is 15.9 Å². The number of nitro benzene ring substituents is 1. The second-order valence-corrected chi connectivity index (χ2v) is 7.44. The average molecular weight is 477 g/mol. The van der Waals surface area contributed by atoms with Crippen molar-refractivity contribution in [1.82, 2.24) is 4.90 Å². The van der Waals surface area contributed by atoms with Gasteiger partial charge in [-0.2, -0.15) is 0 Å². The SMILES string of the molecule is Cc1cc(OCC(=O)OCCCN2C(=O)c3ccc(Br)cc3C2=O)ccc1[N+](=O)[O-]. The lowest BCUT2D eigenvalue weighted by molar-refractivity contribution is -0.385. The topological polar surface area (TPSA) is 116 Å². The number of nitrogens with zero attached hydrogens (tertiary/aromatic N) is 2. The van der Waals surface area contributed by atoms with Crippen molar-refractivity contribution in [3.8, 4) is 5.75 Å². The van der Waals surface area contributed by atoms with Crippen molar-refractivity contribution in [3.63, 3.8) is 0 Å². The zero-order valence-electron chi connectivity index (χ0n) is 15.9. The van der Waals surface area contributed by atoms with Crippen LogP contribution in [0.3, 0.4) is 0 Å². The minimum atomic E-state index is -0.628. The maximum absolute atomic E-state index is 12.4. The summed E-state index contributed by atoms with van der Waals surface area (Å²) in [5, 5.41) is 10.8. The fraction of sp³-hybridized carbons (Fsp3) is 0.250. The molecule has 2 aromatic carbocycles. The zero-order chi connectivity index (χ0) is 21.8. The van der Waals surface area contributed by atoms with E-state index in [9.17, 15) is 24.5 Å². The predicted octanol–water partition coefficient (Wildman–Crippen LogP) is 3.27. The van der Waals surface area contributed by atoms with E-state index in [-0.39, 0.29) is 43.7 Å². The molecule has 3 rings (SSSR count). The number of ether oxygens (including phenoxy) is 2. The number of fused-ring (bicyclic) bond motifs is 1. The lowest BCUT2D eigenvalue weighted by atomic mass is 10.1. The van der Waals surface area contributed by atoms with Gasteiger partial charge in [-0.05, 0) is 43.7 Å². The summed E-state index contributed by atoms with van der Waals surface area (Å²) in [4.78, 5) is 47.9. The van der Waals surface area contributed by atoms with Gasteiger partial charge in [0.1, 0.15) is 5.75 Å². The maximum Gasteiger partial charge on any atom is 0.344 e. The number of carbonyl (C=O) groups excluding carboxylic acids is 3. The van der Waals surface area contributed by atoms with Crippen molar-refractivity contribution in [2.75, 3.05) is 19.8 Å². The summed E-state index contributed by atoms with van der Waals surface area (Å²) in [7, 11) is 0. The number of hydrogen-bond acceptors (Lipinski definition) is 7. The van der Waals surface area contributed by atoms with E-state index in [2.05, 4.69) is 15.9 Å². The molecule has 156 valence electrons. The summed E-state index contributed by atoms with van der Waals surface area (Å²) in [6.45, 7) is 1.35. The number of rotatable bonds is 8. The average Bonchev–Trinajstić information content (AvgIpc) is 2.93. The summed E-state index contributed by atoms with van der Waals surface area (Å²) in [5.41, 5.74) is 1.08. The lowest BCUT2D eigenvalue weighted by Crippen LogP contribution is -2.31. The fourth-order valence-electron chi connectivity index (χ4n) is 2.98. The van der Waals surface area contributed by atoms with Crippen molar-refractivity contribution in [2.24, 2.45) is 0 Å². The number of nitro groups is 1. The van der Waals surface area contributed by atoms with Crippen molar-refractivity contribution in [2.45, 2.75) is 13.3 Å². The van der Waals surface area contributed by atoms with Gasteiger partial charge in [-0.15, -0.1) is 0 Å². The van der Waals surface area contributed by atoms with E-state index in [0.717, 1.165) is 4.90 Å². The Balaban J connectivity index is 1.42. The standard InChI is InChI=1S/C20H17BrN2O7/c1-12-9-14(4-6-17(12)23(27)28)30-11-18(24)29-8-2-7-22-19(25)15-5-3-13(21)10-16(15)20(22)26/h3-6,9-10H,2,7-8,11H2,1H3. The first-order valence-electron chi connectivity index (χ1n) is 8.97. The highest BCUT2D eigenvalue weighted by atomic mass is 79.9. The molecular weight excluding hydrogens is 460 g/mol. The maximum atomic E-state index is 12.4. The molecule has 2 aromatic rings. The summed E-state index contributed by atoms with van der Waals surface area (Å²) < 4.78 is 11.0. The van der Waals surface area contributed by atoms with Crippen LogP contribution in [0.5, 0.6) is 5.75 Å². The van der Waals surface area contributed by atoms with E-state index in [1.165, 1.54) is 18.2 Å². The van der Waals surface area contributed by atoms with Crippen LogP contribution in [0.25, 0.3) is 0 Å². The van der Waals surface area contributed by atoms with Gasteiger partial charge < -0.3 is 9.47 Å². The molecule has 0 N–H and O–H groups in total. The molecular formula is C20H17BrN2O7. The van der Waals surface area contributed by atoms with Crippen molar-refractivity contribution >= 4 is 39.4 Å². The largest absolute Gasteiger partial charge is 0.482 e.